The summed E-state index contributed by atoms with van der Waals surface area (Å²) in [5, 5.41) is 19.6. The fourth-order valence-corrected chi connectivity index (χ4v) is 1.80. The zero-order valence-corrected chi connectivity index (χ0v) is 13.7. The van der Waals surface area contributed by atoms with E-state index in [9.17, 15) is 24.6 Å². The maximum atomic E-state index is 11.7. The Morgan fingerprint density at radius 1 is 0.833 bits per heavy atom. The molecule has 0 saturated carbocycles. The fourth-order valence-electron chi connectivity index (χ4n) is 1.80. The molecular formula is C16H22O8. The van der Waals surface area contributed by atoms with Crippen molar-refractivity contribution in [2.45, 2.75) is 57.7 Å². The molecule has 2 unspecified atom stereocenters. The topological polar surface area (TPSA) is 119 Å². The number of aliphatic hydroxyl groups is 2. The van der Waals surface area contributed by atoms with Crippen molar-refractivity contribution >= 4 is 17.9 Å². The molecule has 0 aliphatic carbocycles. The Morgan fingerprint density at radius 2 is 1.29 bits per heavy atom. The fraction of sp³-hybridized carbons (Fsp3) is 0.562. The molecule has 0 fully saturated rings. The van der Waals surface area contributed by atoms with Crippen molar-refractivity contribution in [2.75, 3.05) is 0 Å². The van der Waals surface area contributed by atoms with Crippen molar-refractivity contribution in [3.63, 3.8) is 0 Å². The Bertz CT molecular complexity index is 524. The van der Waals surface area contributed by atoms with Gasteiger partial charge in [-0.05, 0) is 32.9 Å². The molecule has 1 heterocycles. The van der Waals surface area contributed by atoms with Gasteiger partial charge < -0.3 is 24.4 Å². The summed E-state index contributed by atoms with van der Waals surface area (Å²) < 4.78 is 14.9. The Labute approximate surface area is 139 Å². The van der Waals surface area contributed by atoms with Gasteiger partial charge in [0.25, 0.3) is 0 Å². The monoisotopic (exact) mass is 342 g/mol. The van der Waals surface area contributed by atoms with Gasteiger partial charge in [-0.25, -0.2) is 9.59 Å². The number of ether oxygens (including phenoxy) is 3. The molecule has 0 saturated heterocycles. The highest BCUT2D eigenvalue weighted by Crippen LogP contribution is 2.08. The summed E-state index contributed by atoms with van der Waals surface area (Å²) in [6.45, 7) is 4.41. The molecule has 0 aromatic heterocycles. The molecule has 0 aromatic carbocycles. The van der Waals surface area contributed by atoms with E-state index in [1.165, 1.54) is 20.8 Å². The van der Waals surface area contributed by atoms with Crippen molar-refractivity contribution in [1.82, 2.24) is 0 Å². The lowest BCUT2D eigenvalue weighted by Gasteiger charge is -2.19. The van der Waals surface area contributed by atoms with Gasteiger partial charge in [0.2, 0.25) is 0 Å². The lowest BCUT2D eigenvalue weighted by Crippen LogP contribution is -2.30. The average molecular weight is 342 g/mol. The quantitative estimate of drug-likeness (QED) is 0.467. The second-order valence-electron chi connectivity index (χ2n) is 5.49. The molecule has 2 N–H and O–H groups in total. The van der Waals surface area contributed by atoms with Crippen LogP contribution in [0.3, 0.4) is 0 Å². The van der Waals surface area contributed by atoms with E-state index in [0.717, 1.165) is 24.3 Å². The van der Waals surface area contributed by atoms with E-state index in [-0.39, 0.29) is 6.42 Å². The first-order chi connectivity index (χ1) is 11.2. The first-order valence-corrected chi connectivity index (χ1v) is 7.52. The predicted molar refractivity (Wildman–Crippen MR) is 81.6 cm³/mol. The van der Waals surface area contributed by atoms with E-state index in [1.54, 1.807) is 0 Å². The molecule has 24 heavy (non-hydrogen) atoms. The van der Waals surface area contributed by atoms with E-state index >= 15 is 0 Å². The Hall–Kier alpha value is -2.19. The second kappa shape index (κ2) is 9.19. The number of aliphatic hydroxyl groups excluding tert-OH is 2. The van der Waals surface area contributed by atoms with Crippen molar-refractivity contribution in [3.8, 4) is 0 Å². The average Bonchev–Trinajstić information content (AvgIpc) is 2.48. The molecule has 0 radical (unpaired) electrons. The van der Waals surface area contributed by atoms with Crippen molar-refractivity contribution in [2.24, 2.45) is 0 Å². The van der Waals surface area contributed by atoms with Crippen LogP contribution in [0.15, 0.2) is 24.3 Å². The lowest BCUT2D eigenvalue weighted by atomic mass is 10.2. The Morgan fingerprint density at radius 3 is 1.83 bits per heavy atom. The first kappa shape index (κ1) is 19.9. The molecule has 0 bridgehead atoms. The van der Waals surface area contributed by atoms with Gasteiger partial charge in [-0.15, -0.1) is 0 Å². The Kier molecular flexibility index (Phi) is 7.60. The Balaban J connectivity index is 2.91. The highest BCUT2D eigenvalue weighted by atomic mass is 16.6. The normalized spacial score (nSPS) is 36.2. The molecular weight excluding hydrogens is 320 g/mol. The van der Waals surface area contributed by atoms with E-state index in [4.69, 9.17) is 14.2 Å². The van der Waals surface area contributed by atoms with Gasteiger partial charge in [0, 0.05) is 12.2 Å². The van der Waals surface area contributed by atoms with Gasteiger partial charge in [-0.3, -0.25) is 4.79 Å². The summed E-state index contributed by atoms with van der Waals surface area (Å²) in [6, 6.07) is 0. The van der Waals surface area contributed by atoms with Crippen molar-refractivity contribution in [1.29, 1.82) is 0 Å². The summed E-state index contributed by atoms with van der Waals surface area (Å²) in [7, 11) is 0. The second-order valence-corrected chi connectivity index (χ2v) is 5.49. The summed E-state index contributed by atoms with van der Waals surface area (Å²) in [5.74, 6) is -2.22. The van der Waals surface area contributed by atoms with Gasteiger partial charge in [0.15, 0.2) is 0 Å². The van der Waals surface area contributed by atoms with E-state index < -0.39 is 48.4 Å². The van der Waals surface area contributed by atoms with E-state index in [0.29, 0.717) is 0 Å². The number of carbonyl (C=O) groups is 3. The van der Waals surface area contributed by atoms with E-state index in [1.807, 2.05) is 0 Å². The summed E-state index contributed by atoms with van der Waals surface area (Å²) in [5.41, 5.74) is 0. The third-order valence-electron chi connectivity index (χ3n) is 3.21. The summed E-state index contributed by atoms with van der Waals surface area (Å²) >= 11 is 0. The van der Waals surface area contributed by atoms with Crippen LogP contribution in [0.2, 0.25) is 0 Å². The van der Waals surface area contributed by atoms with Crippen LogP contribution in [0.25, 0.3) is 0 Å². The van der Waals surface area contributed by atoms with Gasteiger partial charge in [-0.1, -0.05) is 0 Å². The van der Waals surface area contributed by atoms with Gasteiger partial charge in [0.05, 0.1) is 6.42 Å². The lowest BCUT2D eigenvalue weighted by molar-refractivity contribution is -0.157. The standard InChI is InChI=1S/C16H22O8/c1-9-8-16(21)24-11(3)13(18)5-7-15(20)23-10(2)12(17)4-6-14(19)22-9/h4-7,9-13,17-18H,8H2,1-3H3/b6-4+,7-5+/t9-,10-,11?,12+,13?/m0/s1. The van der Waals surface area contributed by atoms with Gasteiger partial charge in [-0.2, -0.15) is 0 Å². The molecule has 0 spiro atoms. The number of hydrogen-bond acceptors (Lipinski definition) is 8. The minimum atomic E-state index is -1.22. The number of carbonyl (C=O) groups excluding carboxylic acids is 3. The molecule has 0 amide bonds. The summed E-state index contributed by atoms with van der Waals surface area (Å²) in [6.07, 6.45) is -0.961. The molecule has 8 nitrogen and oxygen atoms in total. The van der Waals surface area contributed by atoms with Crippen LogP contribution in [0.1, 0.15) is 27.2 Å². The zero-order valence-electron chi connectivity index (χ0n) is 13.7. The van der Waals surface area contributed by atoms with Crippen LogP contribution >= 0.6 is 0 Å². The first-order valence-electron chi connectivity index (χ1n) is 7.52. The predicted octanol–water partition coefficient (Wildman–Crippen LogP) is 0.0194. The summed E-state index contributed by atoms with van der Waals surface area (Å²) in [4.78, 5) is 34.9. The smallest absolute Gasteiger partial charge is 0.330 e. The molecule has 8 heteroatoms. The third kappa shape index (κ3) is 6.93. The molecule has 5 atom stereocenters. The van der Waals surface area contributed by atoms with Crippen LogP contribution in [-0.2, 0) is 28.6 Å². The third-order valence-corrected chi connectivity index (χ3v) is 3.21. The van der Waals surface area contributed by atoms with Crippen LogP contribution < -0.4 is 0 Å². The number of esters is 3. The highest BCUT2D eigenvalue weighted by Gasteiger charge is 2.21. The number of hydrogen-bond donors (Lipinski definition) is 2. The zero-order chi connectivity index (χ0) is 18.3. The maximum Gasteiger partial charge on any atom is 0.330 e. The largest absolute Gasteiger partial charge is 0.459 e. The molecule has 1 rings (SSSR count). The molecule has 0 aromatic rings. The van der Waals surface area contributed by atoms with Crippen LogP contribution in [0.5, 0.6) is 0 Å². The molecule has 134 valence electrons. The van der Waals surface area contributed by atoms with Gasteiger partial charge in [0.1, 0.15) is 30.5 Å². The molecule has 1 aliphatic heterocycles. The SMILES string of the molecule is CC1OC(=O)C[C@H](C)OC(=O)/C=C/[C@@H](O)[C@H](C)OC(=O)/C=C/C1O. The number of rotatable bonds is 0. The molecule has 1 aliphatic rings. The van der Waals surface area contributed by atoms with Crippen LogP contribution in [-0.4, -0.2) is 58.6 Å². The van der Waals surface area contributed by atoms with Crippen LogP contribution in [0.4, 0.5) is 0 Å². The van der Waals surface area contributed by atoms with Crippen molar-refractivity contribution in [3.05, 3.63) is 24.3 Å². The highest BCUT2D eigenvalue weighted by molar-refractivity contribution is 5.83. The maximum absolute atomic E-state index is 11.7. The van der Waals surface area contributed by atoms with Crippen molar-refractivity contribution < 1.29 is 38.8 Å². The minimum Gasteiger partial charge on any atom is -0.459 e. The van der Waals surface area contributed by atoms with Crippen LogP contribution in [0, 0.1) is 0 Å². The van der Waals surface area contributed by atoms with Gasteiger partial charge >= 0.3 is 17.9 Å². The van der Waals surface area contributed by atoms with E-state index in [2.05, 4.69) is 0 Å². The minimum absolute atomic E-state index is 0.193. The number of cyclic esters (lactones) is 3.